The highest BCUT2D eigenvalue weighted by Gasteiger charge is 2.12. The van der Waals surface area contributed by atoms with Gasteiger partial charge in [-0.1, -0.05) is 19.1 Å². The van der Waals surface area contributed by atoms with Crippen LogP contribution >= 0.6 is 0 Å². The first-order chi connectivity index (χ1) is 14.0. The van der Waals surface area contributed by atoms with E-state index in [9.17, 15) is 14.4 Å². The Hall–Kier alpha value is -3.61. The summed E-state index contributed by atoms with van der Waals surface area (Å²) in [4.78, 5) is 35.0. The molecule has 1 aromatic heterocycles. The summed E-state index contributed by atoms with van der Waals surface area (Å²) in [6.45, 7) is 2.48. The molecular formula is C22H21NO6. The zero-order valence-electron chi connectivity index (χ0n) is 16.0. The molecule has 3 rings (SSSR count). The van der Waals surface area contributed by atoms with Crippen molar-refractivity contribution in [2.75, 3.05) is 6.61 Å². The van der Waals surface area contributed by atoms with Gasteiger partial charge in [0.1, 0.15) is 22.6 Å². The summed E-state index contributed by atoms with van der Waals surface area (Å²) in [6, 6.07) is 13.7. The predicted molar refractivity (Wildman–Crippen MR) is 107 cm³/mol. The number of benzene rings is 2. The van der Waals surface area contributed by atoms with Gasteiger partial charge in [-0.2, -0.15) is 0 Å². The van der Waals surface area contributed by atoms with Crippen LogP contribution in [0.2, 0.25) is 0 Å². The molecule has 1 heterocycles. The third kappa shape index (κ3) is 5.22. The number of carbonyl (C=O) groups is 2. The highest BCUT2D eigenvalue weighted by molar-refractivity contribution is 5.95. The van der Waals surface area contributed by atoms with Gasteiger partial charge in [0.15, 0.2) is 0 Å². The number of esters is 1. The van der Waals surface area contributed by atoms with Crippen molar-refractivity contribution in [1.82, 2.24) is 0 Å². The van der Waals surface area contributed by atoms with E-state index in [1.807, 2.05) is 24.3 Å². The predicted octanol–water partition coefficient (Wildman–Crippen LogP) is 3.22. The summed E-state index contributed by atoms with van der Waals surface area (Å²) in [5, 5.41) is 0.501. The largest absolute Gasteiger partial charge is 0.494 e. The van der Waals surface area contributed by atoms with Crippen LogP contribution in [0.25, 0.3) is 11.0 Å². The molecule has 0 radical (unpaired) electrons. The molecule has 0 bridgehead atoms. The minimum atomic E-state index is -0.861. The Kier molecular flexibility index (Phi) is 6.29. The molecule has 3 aromatic rings. The smallest absolute Gasteiger partial charge is 0.349 e. The second kappa shape index (κ2) is 9.05. The lowest BCUT2D eigenvalue weighted by Crippen LogP contribution is -2.20. The summed E-state index contributed by atoms with van der Waals surface area (Å²) in [5.74, 6) is -0.283. The number of amides is 1. The van der Waals surface area contributed by atoms with E-state index in [0.29, 0.717) is 18.4 Å². The van der Waals surface area contributed by atoms with Crippen molar-refractivity contribution in [3.05, 3.63) is 70.1 Å². The van der Waals surface area contributed by atoms with Crippen LogP contribution in [0.1, 0.15) is 35.7 Å². The van der Waals surface area contributed by atoms with E-state index in [1.54, 1.807) is 12.1 Å². The molecule has 2 N–H and O–H groups in total. The second-order valence-electron chi connectivity index (χ2n) is 6.44. The molecule has 29 heavy (non-hydrogen) atoms. The van der Waals surface area contributed by atoms with Gasteiger partial charge in [0.05, 0.1) is 6.61 Å². The molecule has 0 spiro atoms. The lowest BCUT2D eigenvalue weighted by Gasteiger charge is -2.08. The second-order valence-corrected chi connectivity index (χ2v) is 6.44. The van der Waals surface area contributed by atoms with E-state index in [1.165, 1.54) is 17.7 Å². The number of rotatable bonds is 8. The van der Waals surface area contributed by atoms with Gasteiger partial charge in [-0.25, -0.2) is 4.79 Å². The molecule has 1 amide bonds. The lowest BCUT2D eigenvalue weighted by molar-refractivity contribution is -0.134. The summed E-state index contributed by atoms with van der Waals surface area (Å²) >= 11 is 0. The van der Waals surface area contributed by atoms with Crippen LogP contribution in [0.5, 0.6) is 11.5 Å². The van der Waals surface area contributed by atoms with Crippen molar-refractivity contribution in [1.29, 1.82) is 0 Å². The number of ether oxygens (including phenoxy) is 2. The molecule has 0 fully saturated rings. The zero-order chi connectivity index (χ0) is 20.8. The van der Waals surface area contributed by atoms with Crippen LogP contribution in [-0.2, 0) is 11.2 Å². The van der Waals surface area contributed by atoms with Crippen LogP contribution < -0.4 is 20.8 Å². The molecule has 0 aliphatic carbocycles. The third-order valence-corrected chi connectivity index (χ3v) is 4.33. The van der Waals surface area contributed by atoms with E-state index >= 15 is 0 Å². The average molecular weight is 395 g/mol. The minimum Gasteiger partial charge on any atom is -0.494 e. The third-order valence-electron chi connectivity index (χ3n) is 4.33. The van der Waals surface area contributed by atoms with Crippen molar-refractivity contribution >= 4 is 22.8 Å². The van der Waals surface area contributed by atoms with E-state index in [0.717, 1.165) is 12.2 Å². The molecule has 0 unspecified atom stereocenters. The molecule has 2 aromatic carbocycles. The number of hydrogen-bond donors (Lipinski definition) is 1. The fourth-order valence-corrected chi connectivity index (χ4v) is 2.74. The maximum absolute atomic E-state index is 12.0. The number of carbonyl (C=O) groups excluding carboxylic acids is 2. The minimum absolute atomic E-state index is 0.176. The molecule has 0 saturated heterocycles. The van der Waals surface area contributed by atoms with Gasteiger partial charge >= 0.3 is 11.6 Å². The van der Waals surface area contributed by atoms with Crippen LogP contribution in [-0.4, -0.2) is 18.5 Å². The van der Waals surface area contributed by atoms with Gasteiger partial charge in [0, 0.05) is 17.9 Å². The number of fused-ring (bicyclic) bond motifs is 1. The fraction of sp³-hybridized carbons (Fsp3) is 0.227. The summed E-state index contributed by atoms with van der Waals surface area (Å²) in [6.07, 6.45) is 1.64. The van der Waals surface area contributed by atoms with Gasteiger partial charge < -0.3 is 19.6 Å². The Morgan fingerprint density at radius 2 is 1.76 bits per heavy atom. The van der Waals surface area contributed by atoms with E-state index in [4.69, 9.17) is 19.6 Å². The maximum atomic E-state index is 12.0. The fourth-order valence-electron chi connectivity index (χ4n) is 2.74. The number of nitrogens with two attached hydrogens (primary N) is 1. The highest BCUT2D eigenvalue weighted by Crippen LogP contribution is 2.21. The molecule has 0 atom stereocenters. The summed E-state index contributed by atoms with van der Waals surface area (Å²) < 4.78 is 16.0. The van der Waals surface area contributed by atoms with E-state index in [2.05, 4.69) is 6.92 Å². The van der Waals surface area contributed by atoms with Gasteiger partial charge in [-0.3, -0.25) is 9.59 Å². The Bertz CT molecular complexity index is 1080. The zero-order valence-corrected chi connectivity index (χ0v) is 16.0. The quantitative estimate of drug-likeness (QED) is 0.271. The van der Waals surface area contributed by atoms with E-state index < -0.39 is 17.5 Å². The number of aryl methyl sites for hydroxylation is 1. The number of primary amides is 1. The Morgan fingerprint density at radius 3 is 2.45 bits per heavy atom. The van der Waals surface area contributed by atoms with Crippen molar-refractivity contribution in [3.63, 3.8) is 0 Å². The SMILES string of the molecule is CCc1ccc(OCCCC(=O)Oc2ccc3cc(C(N)=O)c(=O)oc3c2)cc1. The lowest BCUT2D eigenvalue weighted by atomic mass is 10.1. The topological polar surface area (TPSA) is 109 Å². The van der Waals surface area contributed by atoms with Gasteiger partial charge in [0.2, 0.25) is 0 Å². The average Bonchev–Trinajstić information content (AvgIpc) is 2.71. The normalized spacial score (nSPS) is 10.7. The standard InChI is InChI=1S/C22H21NO6/c1-2-14-5-8-16(9-6-14)27-11-3-4-20(24)28-17-10-7-15-12-18(21(23)25)22(26)29-19(15)13-17/h5-10,12-13H,2-4,11H2,1H3,(H2,23,25). The van der Waals surface area contributed by atoms with Crippen molar-refractivity contribution in [3.8, 4) is 11.5 Å². The van der Waals surface area contributed by atoms with Crippen molar-refractivity contribution in [2.45, 2.75) is 26.2 Å². The Labute approximate surface area is 167 Å². The molecular weight excluding hydrogens is 374 g/mol. The summed E-state index contributed by atoms with van der Waals surface area (Å²) in [7, 11) is 0. The summed E-state index contributed by atoms with van der Waals surface area (Å²) in [5.41, 5.74) is 5.50. The van der Waals surface area contributed by atoms with Crippen LogP contribution in [0.3, 0.4) is 0 Å². The molecule has 150 valence electrons. The highest BCUT2D eigenvalue weighted by atomic mass is 16.5. The Morgan fingerprint density at radius 1 is 1.03 bits per heavy atom. The first-order valence-corrected chi connectivity index (χ1v) is 9.26. The van der Waals surface area contributed by atoms with Crippen LogP contribution in [0.15, 0.2) is 57.7 Å². The first kappa shape index (κ1) is 20.1. The van der Waals surface area contributed by atoms with E-state index in [-0.39, 0.29) is 23.3 Å². The van der Waals surface area contributed by atoms with Crippen molar-refractivity contribution < 1.29 is 23.5 Å². The van der Waals surface area contributed by atoms with Crippen LogP contribution in [0.4, 0.5) is 0 Å². The molecule has 0 aliphatic rings. The monoisotopic (exact) mass is 395 g/mol. The Balaban J connectivity index is 1.53. The molecule has 0 saturated carbocycles. The molecule has 0 aliphatic heterocycles. The van der Waals surface area contributed by atoms with Crippen LogP contribution in [0, 0.1) is 0 Å². The van der Waals surface area contributed by atoms with Gasteiger partial charge in [0.25, 0.3) is 5.91 Å². The van der Waals surface area contributed by atoms with Crippen molar-refractivity contribution in [2.24, 2.45) is 5.73 Å². The van der Waals surface area contributed by atoms with Gasteiger partial charge in [-0.15, -0.1) is 0 Å². The first-order valence-electron chi connectivity index (χ1n) is 9.26. The number of hydrogen-bond acceptors (Lipinski definition) is 6. The molecule has 7 nitrogen and oxygen atoms in total. The van der Waals surface area contributed by atoms with Gasteiger partial charge in [-0.05, 0) is 48.7 Å². The maximum Gasteiger partial charge on any atom is 0.349 e. The molecule has 7 heteroatoms.